The number of methoxy groups -OCH3 is 1. The maximum absolute atomic E-state index is 13.1. The van der Waals surface area contributed by atoms with E-state index in [1.807, 2.05) is 49.6 Å². The average Bonchev–Trinajstić information content (AvgIpc) is 3.17. The number of para-hydroxylation sites is 1. The van der Waals surface area contributed by atoms with Gasteiger partial charge in [-0.3, -0.25) is 9.36 Å². The summed E-state index contributed by atoms with van der Waals surface area (Å²) in [6.45, 7) is 3.60. The molecule has 0 aliphatic carbocycles. The highest BCUT2D eigenvalue weighted by atomic mass is 32.2. The molecule has 0 aliphatic heterocycles. The first-order valence-electron chi connectivity index (χ1n) is 9.85. The molecule has 0 aliphatic rings. The third-order valence-corrected chi connectivity index (χ3v) is 6.01. The van der Waals surface area contributed by atoms with Crippen LogP contribution >= 0.6 is 11.8 Å². The van der Waals surface area contributed by atoms with Crippen LogP contribution in [0.25, 0.3) is 21.9 Å². The Balaban J connectivity index is 1.70. The van der Waals surface area contributed by atoms with Crippen LogP contribution in [0.1, 0.15) is 31.5 Å². The minimum absolute atomic E-state index is 0.172. The van der Waals surface area contributed by atoms with E-state index in [1.54, 1.807) is 6.92 Å². The van der Waals surface area contributed by atoms with Gasteiger partial charge in [0.25, 0.3) is 5.56 Å². The molecule has 2 atom stereocenters. The van der Waals surface area contributed by atoms with Gasteiger partial charge in [-0.15, -0.1) is 0 Å². The van der Waals surface area contributed by atoms with E-state index in [4.69, 9.17) is 9.15 Å². The van der Waals surface area contributed by atoms with Crippen molar-refractivity contribution in [1.29, 1.82) is 0 Å². The minimum Gasteiger partial charge on any atom is -0.467 e. The molecule has 1 unspecified atom stereocenters. The largest absolute Gasteiger partial charge is 0.467 e. The lowest BCUT2D eigenvalue weighted by atomic mass is 10.0. The van der Waals surface area contributed by atoms with Crippen molar-refractivity contribution in [3.8, 4) is 0 Å². The highest BCUT2D eigenvalue weighted by molar-refractivity contribution is 7.98. The summed E-state index contributed by atoms with van der Waals surface area (Å²) < 4.78 is 12.1. The quantitative estimate of drug-likeness (QED) is 0.264. The van der Waals surface area contributed by atoms with Gasteiger partial charge in [0.1, 0.15) is 22.9 Å². The van der Waals surface area contributed by atoms with Gasteiger partial charge in [-0.2, -0.15) is 0 Å². The van der Waals surface area contributed by atoms with Crippen LogP contribution in [0.2, 0.25) is 0 Å². The predicted molar refractivity (Wildman–Crippen MR) is 123 cm³/mol. The number of furan rings is 1. The maximum atomic E-state index is 13.1. The number of thioether (sulfide) groups is 1. The molecule has 2 heterocycles. The van der Waals surface area contributed by atoms with E-state index in [0.29, 0.717) is 10.8 Å². The number of esters is 1. The van der Waals surface area contributed by atoms with Crippen molar-refractivity contribution >= 4 is 45.4 Å². The fraction of sp³-hybridized carbons (Fsp3) is 0.261. The number of carbonyl (C=O) groups is 1. The molecule has 2 aromatic carbocycles. The first kappa shape index (κ1) is 21.0. The van der Waals surface area contributed by atoms with Crippen LogP contribution in [0.4, 0.5) is 5.69 Å². The number of aromatic nitrogens is 2. The van der Waals surface area contributed by atoms with Gasteiger partial charge in [0.15, 0.2) is 5.16 Å². The zero-order chi connectivity index (χ0) is 22.1. The highest BCUT2D eigenvalue weighted by Crippen LogP contribution is 2.31. The number of nitrogens with zero attached hydrogens (tertiary/aromatic N) is 2. The van der Waals surface area contributed by atoms with Crippen LogP contribution in [-0.2, 0) is 9.53 Å². The number of anilines is 1. The molecule has 7 nitrogen and oxygen atoms in total. The monoisotopic (exact) mass is 437 g/mol. The standard InChI is InChI=1S/C23H23N3O4S/c1-13(15-9-10-20-17(11-15)16-7-5-6-8-19(16)30-20)25-18-12-24-23(31-4)26(21(18)27)14(2)22(28)29-3/h5-14,25H,1-4H3/t13-,14?/m1/s1. The van der Waals surface area contributed by atoms with Crippen LogP contribution in [0.15, 0.2) is 63.0 Å². The topological polar surface area (TPSA) is 86.4 Å². The van der Waals surface area contributed by atoms with Crippen LogP contribution < -0.4 is 10.9 Å². The molecule has 160 valence electrons. The average molecular weight is 438 g/mol. The molecule has 0 saturated heterocycles. The highest BCUT2D eigenvalue weighted by Gasteiger charge is 2.22. The van der Waals surface area contributed by atoms with E-state index in [1.165, 1.54) is 29.6 Å². The lowest BCUT2D eigenvalue weighted by molar-refractivity contribution is -0.144. The lowest BCUT2D eigenvalue weighted by Gasteiger charge is -2.20. The van der Waals surface area contributed by atoms with E-state index >= 15 is 0 Å². The Hall–Kier alpha value is -3.26. The Morgan fingerprint density at radius 1 is 1.16 bits per heavy atom. The van der Waals surface area contributed by atoms with E-state index in [-0.39, 0.29) is 11.6 Å². The Labute approximate surface area is 183 Å². The number of rotatable bonds is 6. The molecule has 4 aromatic rings. The van der Waals surface area contributed by atoms with Crippen LogP contribution in [0.5, 0.6) is 0 Å². The molecular weight excluding hydrogens is 414 g/mol. The number of fused-ring (bicyclic) bond motifs is 3. The first-order chi connectivity index (χ1) is 14.9. The summed E-state index contributed by atoms with van der Waals surface area (Å²) in [6.07, 6.45) is 3.32. The summed E-state index contributed by atoms with van der Waals surface area (Å²) in [7, 11) is 1.30. The SMILES string of the molecule is COC(=O)C(C)n1c(SC)ncc(N[C@H](C)c2ccc3oc4ccccc4c3c2)c1=O. The van der Waals surface area contributed by atoms with E-state index in [2.05, 4.69) is 16.4 Å². The number of hydrogen-bond acceptors (Lipinski definition) is 7. The molecule has 4 rings (SSSR count). The molecule has 31 heavy (non-hydrogen) atoms. The molecular formula is C23H23N3O4S. The predicted octanol–water partition coefficient (Wildman–Crippen LogP) is 4.77. The third-order valence-electron chi connectivity index (χ3n) is 5.34. The zero-order valence-corrected chi connectivity index (χ0v) is 18.5. The molecule has 0 bridgehead atoms. The second kappa shape index (κ2) is 8.47. The molecule has 0 spiro atoms. The van der Waals surface area contributed by atoms with E-state index in [9.17, 15) is 9.59 Å². The first-order valence-corrected chi connectivity index (χ1v) is 11.1. The van der Waals surface area contributed by atoms with Crippen molar-refractivity contribution in [1.82, 2.24) is 9.55 Å². The fourth-order valence-corrected chi connectivity index (χ4v) is 4.25. The van der Waals surface area contributed by atoms with E-state index < -0.39 is 12.0 Å². The maximum Gasteiger partial charge on any atom is 0.328 e. The van der Waals surface area contributed by atoms with Crippen molar-refractivity contribution < 1.29 is 13.9 Å². The lowest BCUT2D eigenvalue weighted by Crippen LogP contribution is -2.32. The van der Waals surface area contributed by atoms with Gasteiger partial charge >= 0.3 is 5.97 Å². The Kier molecular flexibility index (Phi) is 5.73. The Morgan fingerprint density at radius 2 is 1.90 bits per heavy atom. The smallest absolute Gasteiger partial charge is 0.328 e. The molecule has 0 amide bonds. The van der Waals surface area contributed by atoms with Gasteiger partial charge < -0.3 is 14.5 Å². The van der Waals surface area contributed by atoms with Gasteiger partial charge in [-0.25, -0.2) is 9.78 Å². The number of hydrogen-bond donors (Lipinski definition) is 1. The van der Waals surface area contributed by atoms with Crippen LogP contribution in [-0.4, -0.2) is 28.9 Å². The molecule has 2 aromatic heterocycles. The van der Waals surface area contributed by atoms with Crippen LogP contribution in [0.3, 0.4) is 0 Å². The second-order valence-electron chi connectivity index (χ2n) is 7.25. The third kappa shape index (κ3) is 3.79. The Bertz CT molecular complexity index is 1330. The Morgan fingerprint density at radius 3 is 2.65 bits per heavy atom. The van der Waals surface area contributed by atoms with Gasteiger partial charge in [-0.1, -0.05) is 36.0 Å². The summed E-state index contributed by atoms with van der Waals surface area (Å²) in [5, 5.41) is 5.77. The van der Waals surface area contributed by atoms with Crippen molar-refractivity contribution in [2.75, 3.05) is 18.7 Å². The number of nitrogens with one attached hydrogen (secondary N) is 1. The molecule has 0 radical (unpaired) electrons. The normalized spacial score (nSPS) is 13.3. The van der Waals surface area contributed by atoms with Gasteiger partial charge in [0, 0.05) is 16.8 Å². The minimum atomic E-state index is -0.779. The van der Waals surface area contributed by atoms with Gasteiger partial charge in [0.2, 0.25) is 0 Å². The summed E-state index contributed by atoms with van der Waals surface area (Å²) in [5.74, 6) is -0.498. The fourth-order valence-electron chi connectivity index (χ4n) is 3.65. The van der Waals surface area contributed by atoms with Crippen molar-refractivity contribution in [3.05, 3.63) is 64.6 Å². The van der Waals surface area contributed by atoms with Crippen LogP contribution in [0, 0.1) is 0 Å². The van der Waals surface area contributed by atoms with Gasteiger partial charge in [-0.05, 0) is 43.9 Å². The second-order valence-corrected chi connectivity index (χ2v) is 8.03. The number of ether oxygens (including phenoxy) is 1. The molecule has 1 N–H and O–H groups in total. The van der Waals surface area contributed by atoms with E-state index in [0.717, 1.165) is 27.5 Å². The zero-order valence-electron chi connectivity index (χ0n) is 17.7. The number of carbonyl (C=O) groups excluding carboxylic acids is 1. The summed E-state index contributed by atoms with van der Waals surface area (Å²) >= 11 is 1.30. The molecule has 0 saturated carbocycles. The number of benzene rings is 2. The summed E-state index contributed by atoms with van der Waals surface area (Å²) in [5.41, 5.74) is 2.65. The van der Waals surface area contributed by atoms with Crippen molar-refractivity contribution in [2.45, 2.75) is 31.1 Å². The van der Waals surface area contributed by atoms with Gasteiger partial charge in [0.05, 0.1) is 13.3 Å². The summed E-state index contributed by atoms with van der Waals surface area (Å²) in [6, 6.07) is 12.9. The van der Waals surface area contributed by atoms with Crippen molar-refractivity contribution in [2.24, 2.45) is 0 Å². The molecule has 0 fully saturated rings. The summed E-state index contributed by atoms with van der Waals surface area (Å²) in [4.78, 5) is 29.6. The van der Waals surface area contributed by atoms with Crippen molar-refractivity contribution in [3.63, 3.8) is 0 Å². The molecule has 8 heteroatoms.